The van der Waals surface area contributed by atoms with Crippen LogP contribution in [0.3, 0.4) is 0 Å². The summed E-state index contributed by atoms with van der Waals surface area (Å²) in [6.07, 6.45) is 1.57. The van der Waals surface area contributed by atoms with Gasteiger partial charge in [0.2, 0.25) is 5.82 Å². The van der Waals surface area contributed by atoms with E-state index in [1.54, 1.807) is 11.0 Å². The van der Waals surface area contributed by atoms with Crippen LogP contribution in [0.25, 0.3) is 16.7 Å². The maximum Gasteiger partial charge on any atom is 0.208 e. The van der Waals surface area contributed by atoms with Crippen molar-refractivity contribution in [3.8, 4) is 5.82 Å². The van der Waals surface area contributed by atoms with E-state index in [9.17, 15) is 0 Å². The molecule has 0 bridgehead atoms. The van der Waals surface area contributed by atoms with Gasteiger partial charge >= 0.3 is 0 Å². The average molecular weight is 269 g/mol. The van der Waals surface area contributed by atoms with E-state index in [0.29, 0.717) is 5.82 Å². The number of benzene rings is 1. The molecule has 1 aromatic carbocycles. The van der Waals surface area contributed by atoms with Gasteiger partial charge in [-0.1, -0.05) is 30.4 Å². The monoisotopic (exact) mass is 269 g/mol. The van der Waals surface area contributed by atoms with Crippen molar-refractivity contribution in [2.75, 3.05) is 0 Å². The number of hydrogen-bond acceptors (Lipinski definition) is 4. The van der Waals surface area contributed by atoms with E-state index in [0.717, 1.165) is 22.3 Å². The van der Waals surface area contributed by atoms with E-state index in [2.05, 4.69) is 21.1 Å². The van der Waals surface area contributed by atoms with Gasteiger partial charge in [0.05, 0.1) is 5.52 Å². The molecule has 0 atom stereocenters. The summed E-state index contributed by atoms with van der Waals surface area (Å²) in [7, 11) is 0. The molecule has 0 fully saturated rings. The Bertz CT molecular complexity index is 778. The first-order valence-corrected chi connectivity index (χ1v) is 6.14. The zero-order valence-electron chi connectivity index (χ0n) is 10.2. The zero-order chi connectivity index (χ0) is 13.4. The third kappa shape index (κ3) is 2.06. The molecular formula is C13H11N5S. The second kappa shape index (κ2) is 4.40. The lowest BCUT2D eigenvalue weighted by Gasteiger charge is -2.06. The highest BCUT2D eigenvalue weighted by Crippen LogP contribution is 2.18. The van der Waals surface area contributed by atoms with Crippen LogP contribution >= 0.6 is 12.2 Å². The Kier molecular flexibility index (Phi) is 2.72. The third-order valence-corrected chi connectivity index (χ3v) is 3.00. The van der Waals surface area contributed by atoms with Gasteiger partial charge < -0.3 is 5.73 Å². The minimum absolute atomic E-state index is 0.178. The summed E-state index contributed by atoms with van der Waals surface area (Å²) in [5.74, 6) is 1.08. The summed E-state index contributed by atoms with van der Waals surface area (Å²) in [5.41, 5.74) is 7.43. The Morgan fingerprint density at radius 3 is 2.84 bits per heavy atom. The molecule has 0 saturated carbocycles. The Balaban J connectivity index is 2.18. The number of thiocarbonyl (C=S) groups is 1. The smallest absolute Gasteiger partial charge is 0.208 e. The normalized spacial score (nSPS) is 10.8. The van der Waals surface area contributed by atoms with Gasteiger partial charge in [0.1, 0.15) is 11.3 Å². The molecular weight excluding hydrogens is 258 g/mol. The molecule has 0 aliphatic rings. The number of fused-ring (bicyclic) bond motifs is 1. The second-order valence-electron chi connectivity index (χ2n) is 4.20. The largest absolute Gasteiger partial charge is 0.387 e. The Labute approximate surface area is 115 Å². The van der Waals surface area contributed by atoms with Crippen LogP contribution in [0, 0.1) is 6.92 Å². The minimum atomic E-state index is 0.178. The Hall–Kier alpha value is -2.34. The topological polar surface area (TPSA) is 69.6 Å². The number of para-hydroxylation sites is 1. The predicted molar refractivity (Wildman–Crippen MR) is 77.3 cm³/mol. The van der Waals surface area contributed by atoms with Gasteiger partial charge in [0.15, 0.2) is 5.82 Å². The number of aromatic nitrogens is 4. The zero-order valence-corrected chi connectivity index (χ0v) is 11.1. The van der Waals surface area contributed by atoms with Gasteiger partial charge in [0, 0.05) is 5.39 Å². The van der Waals surface area contributed by atoms with E-state index < -0.39 is 0 Å². The summed E-state index contributed by atoms with van der Waals surface area (Å²) in [4.78, 5) is 8.83. The maximum absolute atomic E-state index is 5.51. The fourth-order valence-electron chi connectivity index (χ4n) is 1.92. The molecule has 0 aliphatic heterocycles. The van der Waals surface area contributed by atoms with Crippen molar-refractivity contribution in [3.05, 3.63) is 48.0 Å². The number of rotatable bonds is 2. The van der Waals surface area contributed by atoms with Crippen LogP contribution in [-0.4, -0.2) is 24.7 Å². The highest BCUT2D eigenvalue weighted by atomic mass is 32.1. The van der Waals surface area contributed by atoms with E-state index in [1.165, 1.54) is 0 Å². The lowest BCUT2D eigenvalue weighted by molar-refractivity contribution is 0.839. The van der Waals surface area contributed by atoms with Crippen molar-refractivity contribution >= 4 is 28.1 Å². The van der Waals surface area contributed by atoms with Gasteiger partial charge in [0.25, 0.3) is 0 Å². The average Bonchev–Trinajstić information content (AvgIpc) is 2.87. The number of hydrogen-bond donors (Lipinski definition) is 1. The molecule has 0 radical (unpaired) electrons. The van der Waals surface area contributed by atoms with Gasteiger partial charge in [-0.05, 0) is 24.6 Å². The summed E-state index contributed by atoms with van der Waals surface area (Å²) in [6.45, 7) is 1.98. The van der Waals surface area contributed by atoms with Gasteiger partial charge in [-0.15, -0.1) is 5.10 Å². The van der Waals surface area contributed by atoms with Crippen LogP contribution in [0.1, 0.15) is 11.4 Å². The van der Waals surface area contributed by atoms with E-state index in [-0.39, 0.29) is 4.99 Å². The number of aryl methyl sites for hydroxylation is 1. The van der Waals surface area contributed by atoms with Crippen LogP contribution in [0.2, 0.25) is 0 Å². The van der Waals surface area contributed by atoms with E-state index >= 15 is 0 Å². The number of nitrogens with two attached hydrogens (primary N) is 1. The van der Waals surface area contributed by atoms with Crippen molar-refractivity contribution in [3.63, 3.8) is 0 Å². The molecule has 19 heavy (non-hydrogen) atoms. The third-order valence-electron chi connectivity index (χ3n) is 2.82. The summed E-state index contributed by atoms with van der Waals surface area (Å²) >= 11 is 4.85. The molecule has 0 unspecified atom stereocenters. The first-order valence-electron chi connectivity index (χ1n) is 5.73. The van der Waals surface area contributed by atoms with Crippen molar-refractivity contribution in [1.82, 2.24) is 19.7 Å². The molecule has 2 heterocycles. The van der Waals surface area contributed by atoms with Crippen molar-refractivity contribution in [2.45, 2.75) is 6.92 Å². The molecule has 3 rings (SSSR count). The van der Waals surface area contributed by atoms with Crippen molar-refractivity contribution in [2.24, 2.45) is 5.73 Å². The molecule has 2 aromatic heterocycles. The molecule has 94 valence electrons. The molecule has 5 nitrogen and oxygen atoms in total. The van der Waals surface area contributed by atoms with Gasteiger partial charge in [-0.2, -0.15) is 0 Å². The van der Waals surface area contributed by atoms with E-state index in [4.69, 9.17) is 18.0 Å². The first-order chi connectivity index (χ1) is 9.15. The summed E-state index contributed by atoms with van der Waals surface area (Å²) in [5, 5.41) is 5.32. The summed E-state index contributed by atoms with van der Waals surface area (Å²) in [6, 6.07) is 10.0. The van der Waals surface area contributed by atoms with Crippen LogP contribution in [0.5, 0.6) is 0 Å². The first kappa shape index (κ1) is 11.7. The van der Waals surface area contributed by atoms with Gasteiger partial charge in [-0.3, -0.25) is 0 Å². The lowest BCUT2D eigenvalue weighted by Crippen LogP contribution is -2.12. The van der Waals surface area contributed by atoms with Crippen LogP contribution in [-0.2, 0) is 0 Å². The molecule has 0 aliphatic carbocycles. The standard InChI is InChI=1S/C13H11N5S/c1-8-6-9-4-2-3-5-10(9)16-13(8)18-7-15-12(17-18)11(14)19/h2-7H,1H3,(H2,14,19). The van der Waals surface area contributed by atoms with Crippen LogP contribution in [0.15, 0.2) is 36.7 Å². The molecule has 0 amide bonds. The van der Waals surface area contributed by atoms with Crippen molar-refractivity contribution in [1.29, 1.82) is 0 Å². The van der Waals surface area contributed by atoms with Crippen molar-refractivity contribution < 1.29 is 0 Å². The minimum Gasteiger partial charge on any atom is -0.387 e. The number of pyridine rings is 1. The highest BCUT2D eigenvalue weighted by Gasteiger charge is 2.09. The quantitative estimate of drug-likeness (QED) is 0.718. The Morgan fingerprint density at radius 2 is 2.11 bits per heavy atom. The fraction of sp³-hybridized carbons (Fsp3) is 0.0769. The van der Waals surface area contributed by atoms with E-state index in [1.807, 2.05) is 31.2 Å². The van der Waals surface area contributed by atoms with Crippen LogP contribution < -0.4 is 5.73 Å². The number of nitrogens with zero attached hydrogens (tertiary/aromatic N) is 4. The maximum atomic E-state index is 5.51. The molecule has 6 heteroatoms. The van der Waals surface area contributed by atoms with Gasteiger partial charge in [-0.25, -0.2) is 14.6 Å². The SMILES string of the molecule is Cc1cc2ccccc2nc1-n1cnc(C(N)=S)n1. The summed E-state index contributed by atoms with van der Waals surface area (Å²) < 4.78 is 1.59. The second-order valence-corrected chi connectivity index (χ2v) is 4.64. The highest BCUT2D eigenvalue weighted by molar-refractivity contribution is 7.80. The lowest BCUT2D eigenvalue weighted by atomic mass is 10.1. The molecule has 0 spiro atoms. The molecule has 0 saturated heterocycles. The predicted octanol–water partition coefficient (Wildman–Crippen LogP) is 1.76. The fourth-order valence-corrected chi connectivity index (χ4v) is 2.01. The molecule has 2 N–H and O–H groups in total. The molecule has 3 aromatic rings. The Morgan fingerprint density at radius 1 is 1.32 bits per heavy atom. The van der Waals surface area contributed by atoms with Crippen LogP contribution in [0.4, 0.5) is 0 Å².